The molecule has 9 heteroatoms. The van der Waals surface area contributed by atoms with E-state index >= 15 is 0 Å². The van der Waals surface area contributed by atoms with Gasteiger partial charge in [0.15, 0.2) is 6.10 Å². The van der Waals surface area contributed by atoms with Crippen LogP contribution in [0.3, 0.4) is 0 Å². The molecule has 1 aromatic heterocycles. The number of aromatic nitrogens is 1. The molecule has 0 aliphatic heterocycles. The van der Waals surface area contributed by atoms with Gasteiger partial charge in [0, 0.05) is 30.0 Å². The maximum atomic E-state index is 13.3. The van der Waals surface area contributed by atoms with Gasteiger partial charge in [-0.05, 0) is 48.7 Å². The number of benzene rings is 1. The number of alkyl halides is 3. The quantitative estimate of drug-likeness (QED) is 0.537. The summed E-state index contributed by atoms with van der Waals surface area (Å²) in [5.41, 5.74) is -0.483. The third kappa shape index (κ3) is 7.23. The number of pyridine rings is 1. The van der Waals surface area contributed by atoms with Crippen molar-refractivity contribution in [2.45, 2.75) is 25.6 Å². The predicted octanol–water partition coefficient (Wildman–Crippen LogP) is 3.97. The summed E-state index contributed by atoms with van der Waals surface area (Å²) in [5.74, 6) is -1.88. The Bertz CT molecular complexity index is 869. The first-order valence-corrected chi connectivity index (χ1v) is 8.96. The van der Waals surface area contributed by atoms with E-state index in [-0.39, 0.29) is 17.1 Å². The van der Waals surface area contributed by atoms with E-state index < -0.39 is 29.7 Å². The van der Waals surface area contributed by atoms with E-state index in [1.165, 1.54) is 19.1 Å². The Balaban J connectivity index is 1.96. The summed E-state index contributed by atoms with van der Waals surface area (Å²) in [4.78, 5) is 27.8. The molecule has 0 aliphatic carbocycles. The number of carbonyl (C=O) groups is 2. The van der Waals surface area contributed by atoms with Gasteiger partial charge in [0.1, 0.15) is 0 Å². The molecule has 0 fully saturated rings. The molecule has 1 N–H and O–H groups in total. The number of esters is 1. The van der Waals surface area contributed by atoms with Crippen molar-refractivity contribution >= 4 is 29.1 Å². The van der Waals surface area contributed by atoms with Gasteiger partial charge < -0.3 is 10.1 Å². The van der Waals surface area contributed by atoms with E-state index in [4.69, 9.17) is 16.3 Å². The number of nitrogens with zero attached hydrogens (tertiary/aromatic N) is 1. The van der Waals surface area contributed by atoms with E-state index in [0.717, 1.165) is 17.7 Å². The second kappa shape index (κ2) is 10.1. The maximum Gasteiger partial charge on any atom is 0.417 e. The summed E-state index contributed by atoms with van der Waals surface area (Å²) < 4.78 is 44.7. The molecule has 2 rings (SSSR count). The largest absolute Gasteiger partial charge is 0.449 e. The average molecular weight is 427 g/mol. The molecule has 1 amide bonds. The molecule has 0 spiro atoms. The van der Waals surface area contributed by atoms with Gasteiger partial charge in [-0.15, -0.1) is 0 Å². The minimum atomic E-state index is -4.79. The van der Waals surface area contributed by atoms with E-state index in [1.54, 1.807) is 24.5 Å². The van der Waals surface area contributed by atoms with Gasteiger partial charge in [-0.3, -0.25) is 9.78 Å². The highest BCUT2D eigenvalue weighted by atomic mass is 35.5. The van der Waals surface area contributed by atoms with Gasteiger partial charge in [0.2, 0.25) is 0 Å². The van der Waals surface area contributed by atoms with E-state index in [0.29, 0.717) is 12.5 Å². The number of rotatable bonds is 7. The Morgan fingerprint density at radius 1 is 1.17 bits per heavy atom. The number of halogens is 4. The number of amides is 1. The monoisotopic (exact) mass is 426 g/mol. The van der Waals surface area contributed by atoms with Gasteiger partial charge in [0.25, 0.3) is 5.91 Å². The molecule has 0 saturated carbocycles. The molecule has 0 aliphatic rings. The van der Waals surface area contributed by atoms with Crippen molar-refractivity contribution in [3.05, 3.63) is 71.0 Å². The first kappa shape index (κ1) is 22.4. The van der Waals surface area contributed by atoms with Crippen LogP contribution in [-0.2, 0) is 20.7 Å². The maximum absolute atomic E-state index is 13.3. The molecule has 5 nitrogen and oxygen atoms in total. The minimum absolute atomic E-state index is 0.242. The Morgan fingerprint density at radius 3 is 2.38 bits per heavy atom. The van der Waals surface area contributed by atoms with Gasteiger partial charge in [-0.25, -0.2) is 4.79 Å². The van der Waals surface area contributed by atoms with E-state index in [2.05, 4.69) is 10.3 Å². The van der Waals surface area contributed by atoms with Gasteiger partial charge in [-0.2, -0.15) is 13.2 Å². The molecular weight excluding hydrogens is 409 g/mol. The number of allylic oxidation sites excluding steroid dienone is 1. The van der Waals surface area contributed by atoms with Crippen LogP contribution in [0.1, 0.15) is 18.1 Å². The molecular formula is C20H18ClF3N2O3. The third-order valence-electron chi connectivity index (χ3n) is 3.85. The summed E-state index contributed by atoms with van der Waals surface area (Å²) in [7, 11) is 0. The topological polar surface area (TPSA) is 68.3 Å². The van der Waals surface area contributed by atoms with Crippen LogP contribution in [0.25, 0.3) is 5.57 Å². The summed E-state index contributed by atoms with van der Waals surface area (Å²) in [6.45, 7) is 1.56. The van der Waals surface area contributed by atoms with Crippen LogP contribution in [0.5, 0.6) is 0 Å². The van der Waals surface area contributed by atoms with Crippen molar-refractivity contribution in [1.29, 1.82) is 0 Å². The van der Waals surface area contributed by atoms with Gasteiger partial charge in [-0.1, -0.05) is 23.7 Å². The fourth-order valence-corrected chi connectivity index (χ4v) is 2.49. The highest BCUT2D eigenvalue weighted by Crippen LogP contribution is 2.34. The Hall–Kier alpha value is -2.87. The van der Waals surface area contributed by atoms with Gasteiger partial charge in [0.05, 0.1) is 5.57 Å². The lowest BCUT2D eigenvalue weighted by atomic mass is 10.1. The smallest absolute Gasteiger partial charge is 0.417 e. The highest BCUT2D eigenvalue weighted by molar-refractivity contribution is 6.30. The molecule has 2 aromatic rings. The predicted molar refractivity (Wildman–Crippen MR) is 102 cm³/mol. The van der Waals surface area contributed by atoms with Crippen molar-refractivity contribution in [2.24, 2.45) is 0 Å². The number of carbonyl (C=O) groups excluding carboxylic acids is 2. The molecule has 1 unspecified atom stereocenters. The van der Waals surface area contributed by atoms with E-state index in [1.807, 2.05) is 0 Å². The van der Waals surface area contributed by atoms with E-state index in [9.17, 15) is 22.8 Å². The second-order valence-electron chi connectivity index (χ2n) is 6.04. The fourth-order valence-electron chi connectivity index (χ4n) is 2.36. The summed E-state index contributed by atoms with van der Waals surface area (Å²) in [6.07, 6.45) is -1.95. The fraction of sp³-hybridized carbons (Fsp3) is 0.250. The van der Waals surface area contributed by atoms with Crippen LogP contribution in [-0.4, -0.2) is 35.7 Å². The van der Waals surface area contributed by atoms with Crippen molar-refractivity contribution in [3.63, 3.8) is 0 Å². The lowest BCUT2D eigenvalue weighted by molar-refractivity contribution is -0.150. The zero-order valence-corrected chi connectivity index (χ0v) is 16.1. The second-order valence-corrected chi connectivity index (χ2v) is 6.47. The molecule has 1 atom stereocenters. The molecule has 0 radical (unpaired) electrons. The molecule has 1 heterocycles. The summed E-state index contributed by atoms with van der Waals surface area (Å²) in [6, 6.07) is 8.42. The van der Waals surface area contributed by atoms with Crippen LogP contribution in [0.4, 0.5) is 13.2 Å². The zero-order chi connectivity index (χ0) is 21.4. The SMILES string of the molecule is CC(OC(=O)/C=C(/c1ccc(Cl)cc1)C(F)(F)F)C(=O)NCCc1ccncc1. The van der Waals surface area contributed by atoms with Crippen molar-refractivity contribution in [1.82, 2.24) is 10.3 Å². The first-order valence-electron chi connectivity index (χ1n) is 8.59. The third-order valence-corrected chi connectivity index (χ3v) is 4.10. The number of nitrogens with one attached hydrogen (secondary N) is 1. The number of hydrogen-bond acceptors (Lipinski definition) is 4. The van der Waals surface area contributed by atoms with Crippen LogP contribution < -0.4 is 5.32 Å². The van der Waals surface area contributed by atoms with Crippen molar-refractivity contribution in [2.75, 3.05) is 6.54 Å². The van der Waals surface area contributed by atoms with Crippen LogP contribution in [0, 0.1) is 0 Å². The van der Waals surface area contributed by atoms with Crippen LogP contribution in [0.2, 0.25) is 5.02 Å². The molecule has 29 heavy (non-hydrogen) atoms. The summed E-state index contributed by atoms with van der Waals surface area (Å²) in [5, 5.41) is 2.82. The van der Waals surface area contributed by atoms with Gasteiger partial charge >= 0.3 is 12.1 Å². The number of ether oxygens (including phenoxy) is 1. The van der Waals surface area contributed by atoms with Crippen molar-refractivity contribution in [3.8, 4) is 0 Å². The lowest BCUT2D eigenvalue weighted by Crippen LogP contribution is -2.36. The van der Waals surface area contributed by atoms with Crippen LogP contribution >= 0.6 is 11.6 Å². The summed E-state index contributed by atoms with van der Waals surface area (Å²) >= 11 is 5.68. The minimum Gasteiger partial charge on any atom is -0.449 e. The first-order chi connectivity index (χ1) is 13.7. The normalized spacial score (nSPS) is 12.9. The molecule has 0 bridgehead atoms. The number of hydrogen-bond donors (Lipinski definition) is 1. The standard InChI is InChI=1S/C20H18ClF3N2O3/c1-13(19(28)26-11-8-14-6-9-25-10-7-14)29-18(27)12-17(20(22,23)24)15-2-4-16(21)5-3-15/h2-7,9-10,12-13H,8,11H2,1H3,(H,26,28)/b17-12-. The van der Waals surface area contributed by atoms with Crippen molar-refractivity contribution < 1.29 is 27.5 Å². The molecule has 1 aromatic carbocycles. The molecule has 0 saturated heterocycles. The Kier molecular flexibility index (Phi) is 7.78. The average Bonchev–Trinajstić information content (AvgIpc) is 2.67. The molecule has 154 valence electrons. The van der Waals surface area contributed by atoms with Crippen LogP contribution in [0.15, 0.2) is 54.9 Å². The lowest BCUT2D eigenvalue weighted by Gasteiger charge is -2.15. The Labute approximate surface area is 170 Å². The zero-order valence-electron chi connectivity index (χ0n) is 15.4. The Morgan fingerprint density at radius 2 is 1.79 bits per heavy atom. The highest BCUT2D eigenvalue weighted by Gasteiger charge is 2.35.